The van der Waals surface area contributed by atoms with Crippen molar-refractivity contribution in [3.63, 3.8) is 0 Å². The SMILES string of the molecule is [AlH2].[Ca+2].[Fe].[H-].[H-].[H-].[H-].[H-].[Mg+2].[Na+]. The second kappa shape index (κ2) is 24.3. The van der Waals surface area contributed by atoms with E-state index in [1.807, 2.05) is 0 Å². The summed E-state index contributed by atoms with van der Waals surface area (Å²) in [4.78, 5) is 0. The molecule has 0 saturated carbocycles. The standard InChI is InChI=1S/Al.Ca.Fe.Mg.Na.7H/q;+2;;+2;+1;;;5*-1. The van der Waals surface area contributed by atoms with Gasteiger partial charge in [0.25, 0.3) is 0 Å². The number of hydrogen-bond acceptors (Lipinski definition) is 0. The molecule has 0 aromatic rings. The van der Waals surface area contributed by atoms with Gasteiger partial charge >= 0.3 is 90.3 Å². The molecule has 0 aliphatic heterocycles. The van der Waals surface area contributed by atoms with E-state index in [2.05, 4.69) is 0 Å². The van der Waals surface area contributed by atoms with Gasteiger partial charge in [-0.1, -0.05) is 0 Å². The molecule has 0 nitrogen and oxygen atoms in total. The van der Waals surface area contributed by atoms with E-state index in [4.69, 9.17) is 0 Å². The summed E-state index contributed by atoms with van der Waals surface area (Å²) in [7, 11) is 0. The summed E-state index contributed by atoms with van der Waals surface area (Å²) in [6.45, 7) is 0. The van der Waals surface area contributed by atoms with E-state index in [-0.39, 0.29) is 132 Å². The summed E-state index contributed by atoms with van der Waals surface area (Å²) in [5.41, 5.74) is 0. The molecule has 0 bridgehead atoms. The van der Waals surface area contributed by atoms with E-state index in [0.717, 1.165) is 0 Å². The van der Waals surface area contributed by atoms with Crippen molar-refractivity contribution in [1.29, 1.82) is 0 Å². The van der Waals surface area contributed by atoms with Crippen LogP contribution in [0.25, 0.3) is 0 Å². The third kappa shape index (κ3) is 17.9. The van der Waals surface area contributed by atoms with Crippen LogP contribution >= 0.6 is 0 Å². The van der Waals surface area contributed by atoms with Crippen molar-refractivity contribution in [1.82, 2.24) is 0 Å². The minimum Gasteiger partial charge on any atom is -1.00 e. The van der Waals surface area contributed by atoms with Crippen LogP contribution in [0.4, 0.5) is 0 Å². The molecule has 0 rings (SSSR count). The molecule has 0 saturated heterocycles. The van der Waals surface area contributed by atoms with Gasteiger partial charge in [-0.25, -0.2) is 0 Å². The molecule has 1 radical (unpaired) electrons. The molecule has 0 aliphatic rings. The zero-order chi connectivity index (χ0) is 0. The third-order valence-corrected chi connectivity index (χ3v) is 0. The fourth-order valence-electron chi connectivity index (χ4n) is 0. The van der Waals surface area contributed by atoms with Crippen LogP contribution in [0, 0.1) is 0 Å². The van der Waals surface area contributed by atoms with E-state index in [1.54, 1.807) is 0 Å². The van der Waals surface area contributed by atoms with Gasteiger partial charge in [0, 0.05) is 17.1 Å². The Morgan fingerprint density at radius 1 is 1.20 bits per heavy atom. The smallest absolute Gasteiger partial charge is 1.00 e. The molecule has 0 unspecified atom stereocenters. The number of hydrogen-bond donors (Lipinski definition) is 0. The number of rotatable bonds is 0. The summed E-state index contributed by atoms with van der Waals surface area (Å²) in [6.07, 6.45) is 0. The monoisotopic (exact) mass is 177 g/mol. The second-order valence-corrected chi connectivity index (χ2v) is 0. The van der Waals surface area contributed by atoms with Crippen LogP contribution in [-0.2, 0) is 17.1 Å². The van der Waals surface area contributed by atoms with Gasteiger partial charge in [-0.3, -0.25) is 0 Å². The van der Waals surface area contributed by atoms with E-state index >= 15 is 0 Å². The molecule has 0 aromatic heterocycles. The van der Waals surface area contributed by atoms with Crippen molar-refractivity contribution in [2.45, 2.75) is 0 Å². The van der Waals surface area contributed by atoms with Gasteiger partial charge in [-0.2, -0.15) is 0 Å². The van der Waals surface area contributed by atoms with E-state index in [0.29, 0.717) is 0 Å². The molecule has 0 aromatic carbocycles. The van der Waals surface area contributed by atoms with Crippen LogP contribution in [0.2, 0.25) is 0 Å². The molecular formula is H7AlCaFeMgNa. The maximum atomic E-state index is 0. The maximum Gasteiger partial charge on any atom is 2.00 e. The van der Waals surface area contributed by atoms with Gasteiger partial charge in [-0.05, 0) is 0 Å². The zero-order valence-corrected chi connectivity index (χ0v) is 12.5. The molecule has 0 fully saturated rings. The Morgan fingerprint density at radius 2 is 1.20 bits per heavy atom. The summed E-state index contributed by atoms with van der Waals surface area (Å²) < 4.78 is 0. The Balaban J connectivity index is 0. The molecule has 23 valence electrons. The summed E-state index contributed by atoms with van der Waals surface area (Å²) >= 11 is 0. The summed E-state index contributed by atoms with van der Waals surface area (Å²) in [5.74, 6) is 0. The van der Waals surface area contributed by atoms with Gasteiger partial charge in [-0.15, -0.1) is 0 Å². The van der Waals surface area contributed by atoms with Gasteiger partial charge < -0.3 is 7.13 Å². The van der Waals surface area contributed by atoms with Crippen LogP contribution in [0.5, 0.6) is 0 Å². The van der Waals surface area contributed by atoms with Gasteiger partial charge in [0.2, 0.25) is 0 Å². The Hall–Kier alpha value is 4.08. The van der Waals surface area contributed by atoms with Crippen molar-refractivity contribution >= 4 is 78.2 Å². The third-order valence-electron chi connectivity index (χ3n) is 0. The predicted octanol–water partition coefficient (Wildman–Crippen LogP) is -4.11. The van der Waals surface area contributed by atoms with Crippen molar-refractivity contribution in [2.24, 2.45) is 0 Å². The van der Waals surface area contributed by atoms with Crippen molar-refractivity contribution < 1.29 is 53.8 Å². The summed E-state index contributed by atoms with van der Waals surface area (Å²) in [6, 6.07) is 0. The Labute approximate surface area is 129 Å². The molecule has 0 atom stereocenters. The first kappa shape index (κ1) is 35.6. The molecule has 0 aliphatic carbocycles. The largest absolute Gasteiger partial charge is 2.00 e. The first-order chi connectivity index (χ1) is 0. The summed E-state index contributed by atoms with van der Waals surface area (Å²) in [5, 5.41) is 0. The Morgan fingerprint density at radius 3 is 1.20 bits per heavy atom. The zero-order valence-electron chi connectivity index (χ0n) is 8.77. The van der Waals surface area contributed by atoms with Crippen LogP contribution in [0.1, 0.15) is 7.13 Å². The van der Waals surface area contributed by atoms with Crippen molar-refractivity contribution in [3.05, 3.63) is 0 Å². The molecule has 5 heavy (non-hydrogen) atoms. The Bertz CT molecular complexity index is 21.6. The van der Waals surface area contributed by atoms with Gasteiger partial charge in [0.1, 0.15) is 17.4 Å². The van der Waals surface area contributed by atoms with E-state index in [9.17, 15) is 0 Å². The molecule has 0 heterocycles. The molecular weight excluding hydrogens is 170 g/mol. The fraction of sp³-hybridized carbons (Fsp3) is 0. The topological polar surface area (TPSA) is 0 Å². The van der Waals surface area contributed by atoms with Gasteiger partial charge in [0.15, 0.2) is 0 Å². The van der Waals surface area contributed by atoms with Crippen LogP contribution in [0.3, 0.4) is 0 Å². The molecule has 0 spiro atoms. The average Bonchev–Trinajstić information content (AvgIpc) is 0. The average molecular weight is 177 g/mol. The minimum absolute atomic E-state index is 0. The first-order valence-electron chi connectivity index (χ1n) is 0. The quantitative estimate of drug-likeness (QED) is 0.330. The minimum atomic E-state index is 0. The molecule has 0 N–H and O–H groups in total. The predicted molar refractivity (Wildman–Crippen MR) is 25.6 cm³/mol. The van der Waals surface area contributed by atoms with Gasteiger partial charge in [0.05, 0.1) is 0 Å². The van der Waals surface area contributed by atoms with Crippen molar-refractivity contribution in [2.75, 3.05) is 0 Å². The van der Waals surface area contributed by atoms with Crippen LogP contribution in [0.15, 0.2) is 0 Å². The first-order valence-corrected chi connectivity index (χ1v) is 0. The second-order valence-electron chi connectivity index (χ2n) is 0. The molecule has 5 heteroatoms. The maximum absolute atomic E-state index is 0. The van der Waals surface area contributed by atoms with Crippen LogP contribution in [-0.4, -0.2) is 78.2 Å². The Kier molecular flexibility index (Phi) is 173. The fourth-order valence-corrected chi connectivity index (χ4v) is 0. The molecule has 0 amide bonds. The van der Waals surface area contributed by atoms with Crippen molar-refractivity contribution in [3.8, 4) is 0 Å². The van der Waals surface area contributed by atoms with E-state index < -0.39 is 0 Å². The van der Waals surface area contributed by atoms with E-state index in [1.165, 1.54) is 0 Å². The normalized spacial score (nSPS) is 0. The van der Waals surface area contributed by atoms with Crippen LogP contribution < -0.4 is 29.6 Å².